The van der Waals surface area contributed by atoms with Gasteiger partial charge < -0.3 is 10.3 Å². The van der Waals surface area contributed by atoms with E-state index in [2.05, 4.69) is 17.2 Å². The van der Waals surface area contributed by atoms with Crippen LogP contribution >= 0.6 is 0 Å². The predicted octanol–water partition coefficient (Wildman–Crippen LogP) is 1.93. The van der Waals surface area contributed by atoms with Crippen LogP contribution in [0.5, 0.6) is 0 Å². The van der Waals surface area contributed by atoms with E-state index in [1.807, 2.05) is 20.8 Å². The molecule has 1 aromatic heterocycles. The minimum Gasteiger partial charge on any atom is -0.363 e. The molecule has 110 valence electrons. The molecule has 0 aliphatic heterocycles. The molecule has 0 amide bonds. The van der Waals surface area contributed by atoms with Crippen LogP contribution in [-0.2, 0) is 16.6 Å². The molecule has 0 spiro atoms. The number of aromatic amines is 1. The molecule has 2 N–H and O–H groups in total. The van der Waals surface area contributed by atoms with Gasteiger partial charge in [-0.3, -0.25) is 0 Å². The van der Waals surface area contributed by atoms with Gasteiger partial charge in [0.15, 0.2) is 0 Å². The zero-order valence-corrected chi connectivity index (χ0v) is 13.0. The van der Waals surface area contributed by atoms with Gasteiger partial charge in [-0.05, 0) is 32.9 Å². The minimum atomic E-state index is -3.39. The van der Waals surface area contributed by atoms with Crippen LogP contribution in [0.2, 0.25) is 0 Å². The van der Waals surface area contributed by atoms with E-state index in [-0.39, 0.29) is 6.04 Å². The molecule has 0 aromatic carbocycles. The first-order valence-electron chi connectivity index (χ1n) is 6.83. The molecule has 0 unspecified atom stereocenters. The van der Waals surface area contributed by atoms with Crippen LogP contribution in [-0.4, -0.2) is 36.8 Å². The van der Waals surface area contributed by atoms with Crippen LogP contribution in [0.1, 0.15) is 39.8 Å². The third-order valence-electron chi connectivity index (χ3n) is 2.95. The third-order valence-corrected chi connectivity index (χ3v) is 5.08. The summed E-state index contributed by atoms with van der Waals surface area (Å²) in [4.78, 5) is 3.36. The van der Waals surface area contributed by atoms with Crippen molar-refractivity contribution < 1.29 is 8.42 Å². The molecule has 0 radical (unpaired) electrons. The third kappa shape index (κ3) is 4.06. The van der Waals surface area contributed by atoms with Crippen molar-refractivity contribution in [2.45, 2.75) is 51.6 Å². The normalized spacial score (nSPS) is 12.5. The summed E-state index contributed by atoms with van der Waals surface area (Å²) in [6.07, 6.45) is 2.63. The van der Waals surface area contributed by atoms with E-state index in [9.17, 15) is 8.42 Å². The maximum atomic E-state index is 12.4. The number of nitrogens with one attached hydrogen (secondary N) is 2. The molecule has 0 saturated heterocycles. The van der Waals surface area contributed by atoms with Crippen molar-refractivity contribution >= 4 is 10.0 Å². The second kappa shape index (κ2) is 7.07. The molecule has 1 aromatic rings. The number of hydrogen-bond acceptors (Lipinski definition) is 3. The fourth-order valence-corrected chi connectivity index (χ4v) is 3.68. The van der Waals surface area contributed by atoms with Crippen molar-refractivity contribution in [1.82, 2.24) is 14.6 Å². The molecule has 0 aliphatic carbocycles. The summed E-state index contributed by atoms with van der Waals surface area (Å²) >= 11 is 0. The van der Waals surface area contributed by atoms with Gasteiger partial charge in [0.2, 0.25) is 10.0 Å². The van der Waals surface area contributed by atoms with E-state index in [1.165, 1.54) is 4.31 Å². The highest BCUT2D eigenvalue weighted by molar-refractivity contribution is 7.89. The summed E-state index contributed by atoms with van der Waals surface area (Å²) in [5, 5.41) is 3.24. The summed E-state index contributed by atoms with van der Waals surface area (Å²) in [5.41, 5.74) is 0.895. The lowest BCUT2D eigenvalue weighted by molar-refractivity contribution is 0.369. The summed E-state index contributed by atoms with van der Waals surface area (Å²) in [7, 11) is -3.39. The van der Waals surface area contributed by atoms with Gasteiger partial charge in [0.05, 0.1) is 4.90 Å². The van der Waals surface area contributed by atoms with Crippen LogP contribution in [0.4, 0.5) is 0 Å². The van der Waals surface area contributed by atoms with Gasteiger partial charge in [-0.1, -0.05) is 13.8 Å². The first-order valence-corrected chi connectivity index (χ1v) is 8.27. The maximum Gasteiger partial charge on any atom is 0.244 e. The molecule has 19 heavy (non-hydrogen) atoms. The molecule has 6 heteroatoms. The molecule has 5 nitrogen and oxygen atoms in total. The predicted molar refractivity (Wildman–Crippen MR) is 77.5 cm³/mol. The van der Waals surface area contributed by atoms with E-state index < -0.39 is 10.0 Å². The number of nitrogens with zero attached hydrogens (tertiary/aromatic N) is 1. The highest BCUT2D eigenvalue weighted by Gasteiger charge is 2.26. The van der Waals surface area contributed by atoms with Crippen LogP contribution in [0.15, 0.2) is 17.2 Å². The van der Waals surface area contributed by atoms with Crippen molar-refractivity contribution in [3.05, 3.63) is 18.0 Å². The monoisotopic (exact) mass is 287 g/mol. The molecule has 0 fully saturated rings. The Hall–Kier alpha value is -0.850. The SMILES string of the molecule is CCCNCc1cc(S(=O)(=O)N(CC)C(C)C)c[nH]1. The summed E-state index contributed by atoms with van der Waals surface area (Å²) < 4.78 is 26.4. The summed E-state index contributed by atoms with van der Waals surface area (Å²) in [5.74, 6) is 0. The van der Waals surface area contributed by atoms with E-state index in [0.717, 1.165) is 18.7 Å². The van der Waals surface area contributed by atoms with Gasteiger partial charge in [0, 0.05) is 31.0 Å². The lowest BCUT2D eigenvalue weighted by atomic mass is 10.4. The molecular weight excluding hydrogens is 262 g/mol. The van der Waals surface area contributed by atoms with E-state index >= 15 is 0 Å². The van der Waals surface area contributed by atoms with Crippen molar-refractivity contribution in [1.29, 1.82) is 0 Å². The van der Waals surface area contributed by atoms with Crippen molar-refractivity contribution in [3.63, 3.8) is 0 Å². The second-order valence-electron chi connectivity index (χ2n) is 4.84. The smallest absolute Gasteiger partial charge is 0.244 e. The van der Waals surface area contributed by atoms with Crippen molar-refractivity contribution in [3.8, 4) is 0 Å². The van der Waals surface area contributed by atoms with E-state index in [4.69, 9.17) is 0 Å². The second-order valence-corrected chi connectivity index (χ2v) is 6.73. The van der Waals surface area contributed by atoms with Gasteiger partial charge in [0.1, 0.15) is 0 Å². The Morgan fingerprint density at radius 1 is 1.37 bits per heavy atom. The van der Waals surface area contributed by atoms with Crippen LogP contribution in [0.25, 0.3) is 0 Å². The van der Waals surface area contributed by atoms with E-state index in [0.29, 0.717) is 18.0 Å². The Morgan fingerprint density at radius 2 is 2.05 bits per heavy atom. The van der Waals surface area contributed by atoms with Crippen molar-refractivity contribution in [2.75, 3.05) is 13.1 Å². The largest absolute Gasteiger partial charge is 0.363 e. The summed E-state index contributed by atoms with van der Waals surface area (Å²) in [6, 6.07) is 1.68. The van der Waals surface area contributed by atoms with Gasteiger partial charge in [-0.2, -0.15) is 4.31 Å². The molecule has 1 heterocycles. The quantitative estimate of drug-likeness (QED) is 0.718. The molecule has 0 atom stereocenters. The number of rotatable bonds is 8. The van der Waals surface area contributed by atoms with Crippen LogP contribution < -0.4 is 5.32 Å². The zero-order valence-electron chi connectivity index (χ0n) is 12.2. The van der Waals surface area contributed by atoms with E-state index in [1.54, 1.807) is 12.3 Å². The first kappa shape index (κ1) is 16.2. The van der Waals surface area contributed by atoms with Gasteiger partial charge in [0.25, 0.3) is 0 Å². The topological polar surface area (TPSA) is 65.2 Å². The lowest BCUT2D eigenvalue weighted by Gasteiger charge is -2.23. The Morgan fingerprint density at radius 3 is 2.58 bits per heavy atom. The fourth-order valence-electron chi connectivity index (χ4n) is 2.02. The van der Waals surface area contributed by atoms with Gasteiger partial charge in [-0.25, -0.2) is 8.42 Å². The maximum absolute atomic E-state index is 12.4. The van der Waals surface area contributed by atoms with Gasteiger partial charge in [-0.15, -0.1) is 0 Å². The lowest BCUT2D eigenvalue weighted by Crippen LogP contribution is -2.36. The zero-order chi connectivity index (χ0) is 14.5. The highest BCUT2D eigenvalue weighted by atomic mass is 32.2. The first-order chi connectivity index (χ1) is 8.93. The molecule has 0 saturated carbocycles. The number of sulfonamides is 1. The Balaban J connectivity index is 2.84. The average Bonchev–Trinajstić information content (AvgIpc) is 2.78. The Kier molecular flexibility index (Phi) is 6.03. The minimum absolute atomic E-state index is 0.0356. The Bertz CT molecular complexity index is 480. The van der Waals surface area contributed by atoms with Crippen LogP contribution in [0, 0.1) is 0 Å². The number of aromatic nitrogens is 1. The number of H-pyrrole nitrogens is 1. The Labute approximate surface area is 116 Å². The fraction of sp³-hybridized carbons (Fsp3) is 0.692. The molecular formula is C13H25N3O2S. The number of hydrogen-bond donors (Lipinski definition) is 2. The summed E-state index contributed by atoms with van der Waals surface area (Å²) in [6.45, 7) is 9.79. The van der Waals surface area contributed by atoms with Gasteiger partial charge >= 0.3 is 0 Å². The molecule has 0 bridgehead atoms. The standard InChI is InChI=1S/C13H25N3O2S/c1-5-7-14-9-12-8-13(10-15-12)19(17,18)16(6-2)11(3)4/h8,10-11,14-15H,5-7,9H2,1-4H3. The molecule has 0 aliphatic rings. The average molecular weight is 287 g/mol. The van der Waals surface area contributed by atoms with Crippen molar-refractivity contribution in [2.24, 2.45) is 0 Å². The van der Waals surface area contributed by atoms with Crippen LogP contribution in [0.3, 0.4) is 0 Å². The highest BCUT2D eigenvalue weighted by Crippen LogP contribution is 2.18. The molecule has 1 rings (SSSR count).